The van der Waals surface area contributed by atoms with Gasteiger partial charge in [-0.05, 0) is 69.7 Å². The Balaban J connectivity index is 1.48. The van der Waals surface area contributed by atoms with Crippen LogP contribution in [0.15, 0.2) is 103 Å². The molecule has 4 heterocycles. The minimum Gasteiger partial charge on any atom is -0.507 e. The molecule has 0 aliphatic carbocycles. The standard InChI is InChI=1S/C38H30N4OS/c1-22-18-19-28-31-32(34(43)26-13-5-6-14-27(26)35(31)44-37(28)40-22)36-41-33-25(15-10-17-30(33)42(36)38(2,3)4)23-11-9-12-24(21-23)29-16-7-8-20-39-29/h5-21,43H,1-4H3. The maximum absolute atomic E-state index is 12.1. The third kappa shape index (κ3) is 4.02. The lowest BCUT2D eigenvalue weighted by Gasteiger charge is -2.25. The minimum atomic E-state index is -0.330. The van der Waals surface area contributed by atoms with Crippen LogP contribution in [-0.4, -0.2) is 24.6 Å². The number of fused-ring (bicyclic) bond motifs is 6. The summed E-state index contributed by atoms with van der Waals surface area (Å²) in [6, 6.07) is 33.1. The van der Waals surface area contributed by atoms with Crippen molar-refractivity contribution in [3.8, 4) is 39.5 Å². The zero-order valence-electron chi connectivity index (χ0n) is 25.0. The fraction of sp³-hybridized carbons (Fsp3) is 0.132. The van der Waals surface area contributed by atoms with Gasteiger partial charge in [0.25, 0.3) is 0 Å². The molecular formula is C38H30N4OS. The number of nitrogens with zero attached hydrogens (tertiary/aromatic N) is 4. The number of benzene rings is 4. The second-order valence-corrected chi connectivity index (χ2v) is 13.3. The summed E-state index contributed by atoms with van der Waals surface area (Å²) in [6.45, 7) is 8.59. The number of thiophene rings is 1. The van der Waals surface area contributed by atoms with Crippen molar-refractivity contribution in [1.29, 1.82) is 0 Å². The van der Waals surface area contributed by atoms with E-state index in [0.29, 0.717) is 0 Å². The molecule has 0 bridgehead atoms. The van der Waals surface area contributed by atoms with E-state index in [1.807, 2.05) is 55.6 Å². The third-order valence-corrected chi connectivity index (χ3v) is 9.45. The van der Waals surface area contributed by atoms with Crippen molar-refractivity contribution in [2.75, 3.05) is 0 Å². The molecule has 4 aromatic carbocycles. The van der Waals surface area contributed by atoms with E-state index in [1.54, 1.807) is 11.3 Å². The van der Waals surface area contributed by atoms with E-state index < -0.39 is 0 Å². The number of aromatic nitrogens is 4. The van der Waals surface area contributed by atoms with Gasteiger partial charge < -0.3 is 9.67 Å². The second kappa shape index (κ2) is 9.73. The van der Waals surface area contributed by atoms with Crippen LogP contribution in [0.25, 0.3) is 75.9 Å². The molecule has 0 saturated heterocycles. The van der Waals surface area contributed by atoms with E-state index in [2.05, 4.69) is 84.9 Å². The van der Waals surface area contributed by atoms with E-state index >= 15 is 0 Å². The number of aromatic hydroxyl groups is 1. The molecule has 214 valence electrons. The molecule has 0 aliphatic heterocycles. The van der Waals surface area contributed by atoms with Crippen molar-refractivity contribution >= 4 is 53.4 Å². The zero-order valence-corrected chi connectivity index (χ0v) is 25.8. The van der Waals surface area contributed by atoms with Crippen molar-refractivity contribution in [3.63, 3.8) is 0 Å². The van der Waals surface area contributed by atoms with E-state index in [1.165, 1.54) is 0 Å². The molecule has 0 spiro atoms. The highest BCUT2D eigenvalue weighted by molar-refractivity contribution is 7.26. The highest BCUT2D eigenvalue weighted by Crippen LogP contribution is 2.50. The molecule has 4 aromatic heterocycles. The Hall–Kier alpha value is -5.07. The van der Waals surface area contributed by atoms with Crippen LogP contribution in [0, 0.1) is 6.92 Å². The van der Waals surface area contributed by atoms with Crippen molar-refractivity contribution < 1.29 is 5.11 Å². The SMILES string of the molecule is Cc1ccc2c(n1)sc1c3ccccc3c(O)c(-c3nc4c(-c5cccc(-c6ccccn6)c5)cccc4n3C(C)(C)C)c21. The molecule has 1 N–H and O–H groups in total. The number of rotatable bonds is 3. The summed E-state index contributed by atoms with van der Waals surface area (Å²) in [5, 5.41) is 16.0. The first-order chi connectivity index (χ1) is 21.3. The fourth-order valence-corrected chi connectivity index (χ4v) is 7.69. The van der Waals surface area contributed by atoms with Crippen molar-refractivity contribution in [1.82, 2.24) is 19.5 Å². The number of phenolic OH excluding ortho intramolecular Hbond substituents is 1. The second-order valence-electron chi connectivity index (χ2n) is 12.3. The van der Waals surface area contributed by atoms with Gasteiger partial charge in [0.15, 0.2) is 0 Å². The van der Waals surface area contributed by atoms with Gasteiger partial charge >= 0.3 is 0 Å². The van der Waals surface area contributed by atoms with Crippen molar-refractivity contribution in [3.05, 3.63) is 109 Å². The van der Waals surface area contributed by atoms with Gasteiger partial charge in [0, 0.05) is 54.8 Å². The Bertz CT molecular complexity index is 2400. The Kier molecular flexibility index (Phi) is 5.87. The van der Waals surface area contributed by atoms with Gasteiger partial charge in [-0.25, -0.2) is 9.97 Å². The average Bonchev–Trinajstić information content (AvgIpc) is 3.61. The number of aryl methyl sites for hydroxylation is 1. The van der Waals surface area contributed by atoms with Crippen LogP contribution in [-0.2, 0) is 5.54 Å². The lowest BCUT2D eigenvalue weighted by Crippen LogP contribution is -2.22. The summed E-state index contributed by atoms with van der Waals surface area (Å²) < 4.78 is 3.39. The lowest BCUT2D eigenvalue weighted by atomic mass is 9.98. The monoisotopic (exact) mass is 590 g/mol. The highest BCUT2D eigenvalue weighted by atomic mass is 32.1. The molecule has 0 amide bonds. The van der Waals surface area contributed by atoms with Crippen LogP contribution in [0.4, 0.5) is 0 Å². The van der Waals surface area contributed by atoms with Gasteiger partial charge in [0.2, 0.25) is 0 Å². The largest absolute Gasteiger partial charge is 0.507 e. The van der Waals surface area contributed by atoms with Gasteiger partial charge in [-0.3, -0.25) is 4.98 Å². The molecular weight excluding hydrogens is 561 g/mol. The topological polar surface area (TPSA) is 63.8 Å². The molecule has 44 heavy (non-hydrogen) atoms. The Morgan fingerprint density at radius 1 is 0.750 bits per heavy atom. The molecule has 5 nitrogen and oxygen atoms in total. The summed E-state index contributed by atoms with van der Waals surface area (Å²) >= 11 is 1.68. The van der Waals surface area contributed by atoms with Crippen LogP contribution in [0.1, 0.15) is 26.5 Å². The number of para-hydroxylation sites is 1. The number of pyridine rings is 2. The lowest BCUT2D eigenvalue weighted by molar-refractivity contribution is 0.412. The van der Waals surface area contributed by atoms with E-state index in [4.69, 9.17) is 9.97 Å². The Morgan fingerprint density at radius 3 is 2.32 bits per heavy atom. The maximum Gasteiger partial charge on any atom is 0.146 e. The first-order valence-corrected chi connectivity index (χ1v) is 15.6. The predicted octanol–water partition coefficient (Wildman–Crippen LogP) is 10.1. The van der Waals surface area contributed by atoms with Crippen LogP contribution < -0.4 is 0 Å². The zero-order chi connectivity index (χ0) is 30.2. The Morgan fingerprint density at radius 2 is 1.52 bits per heavy atom. The average molecular weight is 591 g/mol. The number of hydrogen-bond donors (Lipinski definition) is 1. The number of phenols is 1. The highest BCUT2D eigenvalue weighted by Gasteiger charge is 2.29. The van der Waals surface area contributed by atoms with E-state index in [9.17, 15) is 5.11 Å². The van der Waals surface area contributed by atoms with Gasteiger partial charge in [-0.15, -0.1) is 11.3 Å². The van der Waals surface area contributed by atoms with Gasteiger partial charge in [-0.1, -0.05) is 60.7 Å². The van der Waals surface area contributed by atoms with E-state index in [-0.39, 0.29) is 11.3 Å². The summed E-state index contributed by atoms with van der Waals surface area (Å²) in [6.07, 6.45) is 1.82. The van der Waals surface area contributed by atoms with Gasteiger partial charge in [0.05, 0.1) is 22.3 Å². The maximum atomic E-state index is 12.1. The predicted molar refractivity (Wildman–Crippen MR) is 183 cm³/mol. The van der Waals surface area contributed by atoms with E-state index in [0.717, 1.165) is 81.6 Å². The van der Waals surface area contributed by atoms with Crippen LogP contribution in [0.3, 0.4) is 0 Å². The van der Waals surface area contributed by atoms with Crippen LogP contribution in [0.5, 0.6) is 5.75 Å². The summed E-state index contributed by atoms with van der Waals surface area (Å²) in [4.78, 5) is 15.8. The van der Waals surface area contributed by atoms with Gasteiger partial charge in [0.1, 0.15) is 16.4 Å². The van der Waals surface area contributed by atoms with Gasteiger partial charge in [-0.2, -0.15) is 0 Å². The minimum absolute atomic E-state index is 0.243. The number of imidazole rings is 1. The molecule has 0 unspecified atom stereocenters. The van der Waals surface area contributed by atoms with Crippen LogP contribution >= 0.6 is 11.3 Å². The Labute approximate surface area is 259 Å². The fourth-order valence-electron chi connectivity index (χ4n) is 6.43. The summed E-state index contributed by atoms with van der Waals surface area (Å²) in [7, 11) is 0. The van der Waals surface area contributed by atoms with Crippen molar-refractivity contribution in [2.45, 2.75) is 33.2 Å². The summed E-state index contributed by atoms with van der Waals surface area (Å²) in [5.41, 5.74) is 7.38. The molecule has 6 heteroatoms. The molecule has 0 saturated carbocycles. The molecule has 8 aromatic rings. The first kappa shape index (κ1) is 26.5. The molecule has 0 fully saturated rings. The van der Waals surface area contributed by atoms with Crippen LogP contribution in [0.2, 0.25) is 0 Å². The molecule has 0 aliphatic rings. The third-order valence-electron chi connectivity index (χ3n) is 8.32. The molecule has 8 rings (SSSR count). The van der Waals surface area contributed by atoms with Crippen molar-refractivity contribution in [2.24, 2.45) is 0 Å². The quantitative estimate of drug-likeness (QED) is 0.222. The smallest absolute Gasteiger partial charge is 0.146 e. The normalized spacial score (nSPS) is 12.2. The first-order valence-electron chi connectivity index (χ1n) is 14.8. The molecule has 0 radical (unpaired) electrons. The molecule has 0 atom stereocenters. The summed E-state index contributed by atoms with van der Waals surface area (Å²) in [5.74, 6) is 0.988. The number of hydrogen-bond acceptors (Lipinski definition) is 5.